The van der Waals surface area contributed by atoms with E-state index in [0.717, 1.165) is 5.56 Å². The normalized spacial score (nSPS) is 16.9. The molecule has 9 heteroatoms. The highest BCUT2D eigenvalue weighted by atomic mass is 35.5. The molecule has 1 N–H and O–H groups in total. The highest BCUT2D eigenvalue weighted by Crippen LogP contribution is 2.46. The van der Waals surface area contributed by atoms with Gasteiger partial charge in [-0.05, 0) is 53.6 Å². The minimum Gasteiger partial charge on any atom is -0.507 e. The van der Waals surface area contributed by atoms with Crippen LogP contribution in [-0.4, -0.2) is 48.0 Å². The summed E-state index contributed by atoms with van der Waals surface area (Å²) in [4.78, 5) is 32.0. The second-order valence-corrected chi connectivity index (χ2v) is 8.19. The summed E-state index contributed by atoms with van der Waals surface area (Å²) in [7, 11) is 4.43. The number of carbonyl (C=O) groups is 2. The molecule has 1 amide bonds. The van der Waals surface area contributed by atoms with E-state index in [0.29, 0.717) is 33.4 Å². The number of aromatic nitrogens is 1. The third-order valence-electron chi connectivity index (χ3n) is 5.74. The number of benzene rings is 2. The zero-order valence-corrected chi connectivity index (χ0v) is 20.1. The second kappa shape index (κ2) is 10.1. The van der Waals surface area contributed by atoms with Crippen molar-refractivity contribution in [2.45, 2.75) is 12.6 Å². The number of halogens is 1. The molecule has 2 heterocycles. The average Bonchev–Trinajstić information content (AvgIpc) is 3.13. The van der Waals surface area contributed by atoms with E-state index in [2.05, 4.69) is 4.98 Å². The number of hydrogen-bond acceptors (Lipinski definition) is 7. The first kappa shape index (κ1) is 24.1. The van der Waals surface area contributed by atoms with Gasteiger partial charge in [-0.15, -0.1) is 0 Å². The van der Waals surface area contributed by atoms with Gasteiger partial charge in [-0.25, -0.2) is 0 Å². The summed E-state index contributed by atoms with van der Waals surface area (Å²) in [5.74, 6) is -0.808. The maximum Gasteiger partial charge on any atom is 0.295 e. The first-order chi connectivity index (χ1) is 16.9. The van der Waals surface area contributed by atoms with Crippen molar-refractivity contribution in [3.8, 4) is 17.2 Å². The van der Waals surface area contributed by atoms with E-state index in [1.807, 2.05) is 0 Å². The largest absolute Gasteiger partial charge is 0.507 e. The molecule has 3 aromatic rings. The van der Waals surface area contributed by atoms with E-state index in [1.165, 1.54) is 26.2 Å². The van der Waals surface area contributed by atoms with Gasteiger partial charge in [-0.1, -0.05) is 17.7 Å². The molecule has 0 radical (unpaired) electrons. The molecule has 0 saturated carbocycles. The van der Waals surface area contributed by atoms with Crippen LogP contribution in [0, 0.1) is 0 Å². The molecule has 8 nitrogen and oxygen atoms in total. The van der Waals surface area contributed by atoms with Crippen molar-refractivity contribution in [3.63, 3.8) is 0 Å². The van der Waals surface area contributed by atoms with Crippen LogP contribution in [0.2, 0.25) is 5.02 Å². The number of hydrogen-bond donors (Lipinski definition) is 1. The molecule has 0 aliphatic carbocycles. The van der Waals surface area contributed by atoms with Crippen molar-refractivity contribution >= 4 is 29.1 Å². The van der Waals surface area contributed by atoms with Crippen LogP contribution >= 0.6 is 11.6 Å². The predicted octanol–water partition coefficient (Wildman–Crippen LogP) is 4.38. The number of rotatable bonds is 7. The molecule has 0 unspecified atom stereocenters. The first-order valence-electron chi connectivity index (χ1n) is 10.6. The van der Waals surface area contributed by atoms with Crippen LogP contribution in [0.4, 0.5) is 0 Å². The van der Waals surface area contributed by atoms with Gasteiger partial charge in [0.1, 0.15) is 5.76 Å². The molecule has 4 rings (SSSR count). The Balaban J connectivity index is 1.94. The fourth-order valence-electron chi connectivity index (χ4n) is 4.10. The average molecular weight is 495 g/mol. The van der Waals surface area contributed by atoms with Gasteiger partial charge >= 0.3 is 0 Å². The molecule has 2 aromatic carbocycles. The van der Waals surface area contributed by atoms with E-state index in [4.69, 9.17) is 25.8 Å². The number of amides is 1. The van der Waals surface area contributed by atoms with Crippen LogP contribution in [0.15, 0.2) is 66.5 Å². The van der Waals surface area contributed by atoms with E-state index in [-0.39, 0.29) is 17.9 Å². The summed E-state index contributed by atoms with van der Waals surface area (Å²) in [6, 6.07) is 12.3. The molecular weight excluding hydrogens is 472 g/mol. The highest BCUT2D eigenvalue weighted by Gasteiger charge is 2.46. The smallest absolute Gasteiger partial charge is 0.295 e. The second-order valence-electron chi connectivity index (χ2n) is 7.75. The van der Waals surface area contributed by atoms with E-state index >= 15 is 0 Å². The third-order valence-corrected chi connectivity index (χ3v) is 5.99. The number of aliphatic hydroxyl groups excluding tert-OH is 1. The summed E-state index contributed by atoms with van der Waals surface area (Å²) in [6.45, 7) is 0.0944. The third kappa shape index (κ3) is 4.52. The van der Waals surface area contributed by atoms with Crippen molar-refractivity contribution in [2.24, 2.45) is 0 Å². The summed E-state index contributed by atoms with van der Waals surface area (Å²) in [5.41, 5.74) is 1.51. The van der Waals surface area contributed by atoms with Crippen molar-refractivity contribution in [1.29, 1.82) is 0 Å². The summed E-state index contributed by atoms with van der Waals surface area (Å²) in [5, 5.41) is 11.7. The lowest BCUT2D eigenvalue weighted by atomic mass is 9.94. The Hall–Kier alpha value is -4.04. The van der Waals surface area contributed by atoms with Gasteiger partial charge in [-0.2, -0.15) is 0 Å². The van der Waals surface area contributed by atoms with E-state index in [9.17, 15) is 14.7 Å². The molecule has 1 aliphatic heterocycles. The van der Waals surface area contributed by atoms with Gasteiger partial charge in [0.2, 0.25) is 5.75 Å². The highest BCUT2D eigenvalue weighted by molar-refractivity contribution is 6.46. The molecule has 35 heavy (non-hydrogen) atoms. The number of ketones is 1. The number of carbonyl (C=O) groups excluding carboxylic acids is 2. The molecule has 1 atom stereocenters. The van der Waals surface area contributed by atoms with Gasteiger partial charge < -0.3 is 24.2 Å². The summed E-state index contributed by atoms with van der Waals surface area (Å²) < 4.78 is 16.4. The van der Waals surface area contributed by atoms with Crippen molar-refractivity contribution in [2.75, 3.05) is 21.3 Å². The maximum absolute atomic E-state index is 13.3. The molecule has 1 aromatic heterocycles. The van der Waals surface area contributed by atoms with Gasteiger partial charge in [0.25, 0.3) is 11.7 Å². The minimum atomic E-state index is -0.931. The fraction of sp³-hybridized carbons (Fsp3) is 0.192. The quantitative estimate of drug-likeness (QED) is 0.295. The molecule has 1 aliphatic rings. The van der Waals surface area contributed by atoms with Crippen LogP contribution in [0.3, 0.4) is 0 Å². The summed E-state index contributed by atoms with van der Waals surface area (Å²) >= 11 is 5.99. The number of ether oxygens (including phenoxy) is 3. The monoisotopic (exact) mass is 494 g/mol. The number of aliphatic hydroxyl groups is 1. The number of likely N-dealkylation sites (tertiary alicyclic amines) is 1. The van der Waals surface area contributed by atoms with E-state index < -0.39 is 17.7 Å². The lowest BCUT2D eigenvalue weighted by molar-refractivity contribution is -0.140. The lowest BCUT2D eigenvalue weighted by Crippen LogP contribution is -2.29. The molecule has 180 valence electrons. The van der Waals surface area contributed by atoms with Crippen LogP contribution in [0.5, 0.6) is 17.2 Å². The SMILES string of the molecule is COc1cc([C@@H]2/C(=C(\O)c3ccc(Cl)cc3)C(=O)C(=O)N2Cc2cccnc2)cc(OC)c1OC. The first-order valence-corrected chi connectivity index (χ1v) is 11.0. The van der Waals surface area contributed by atoms with Crippen molar-refractivity contribution in [1.82, 2.24) is 9.88 Å². The van der Waals surface area contributed by atoms with Gasteiger partial charge in [0, 0.05) is 29.5 Å². The number of methoxy groups -OCH3 is 3. The zero-order valence-electron chi connectivity index (χ0n) is 19.3. The topological polar surface area (TPSA) is 98.2 Å². The maximum atomic E-state index is 13.3. The lowest BCUT2D eigenvalue weighted by Gasteiger charge is -2.26. The number of nitrogens with zero attached hydrogens (tertiary/aromatic N) is 2. The molecular formula is C26H23ClN2O6. The van der Waals surface area contributed by atoms with Gasteiger partial charge in [-0.3, -0.25) is 14.6 Å². The Bertz CT molecular complexity index is 1270. The van der Waals surface area contributed by atoms with Crippen LogP contribution < -0.4 is 14.2 Å². The van der Waals surface area contributed by atoms with Crippen LogP contribution in [0.25, 0.3) is 5.76 Å². The minimum absolute atomic E-state index is 0.0597. The van der Waals surface area contributed by atoms with Crippen LogP contribution in [0.1, 0.15) is 22.7 Å². The summed E-state index contributed by atoms with van der Waals surface area (Å²) in [6.07, 6.45) is 3.24. The Morgan fingerprint density at radius 2 is 1.69 bits per heavy atom. The van der Waals surface area contributed by atoms with Crippen molar-refractivity contribution in [3.05, 3.63) is 88.2 Å². The predicted molar refractivity (Wildman–Crippen MR) is 130 cm³/mol. The number of Topliss-reactive ketones (excluding diaryl/α,β-unsaturated/α-hetero) is 1. The van der Waals surface area contributed by atoms with Gasteiger partial charge in [0.05, 0.1) is 32.9 Å². The van der Waals surface area contributed by atoms with E-state index in [1.54, 1.807) is 60.9 Å². The van der Waals surface area contributed by atoms with Crippen molar-refractivity contribution < 1.29 is 28.9 Å². The Morgan fingerprint density at radius 1 is 1.03 bits per heavy atom. The molecule has 1 saturated heterocycles. The molecule has 1 fully saturated rings. The number of pyridine rings is 1. The van der Waals surface area contributed by atoms with Gasteiger partial charge in [0.15, 0.2) is 11.5 Å². The standard InChI is InChI=1S/C26H23ClN2O6/c1-33-19-11-17(12-20(34-2)25(19)35-3)22-21(23(30)16-6-8-18(27)9-7-16)24(31)26(32)29(22)14-15-5-4-10-28-13-15/h4-13,22,30H,14H2,1-3H3/b23-21+/t22-/m1/s1. The fourth-order valence-corrected chi connectivity index (χ4v) is 4.23. The molecule has 0 spiro atoms. The van der Waals surface area contributed by atoms with Crippen LogP contribution in [-0.2, 0) is 16.1 Å². The Kier molecular flexibility index (Phi) is 6.93. The Morgan fingerprint density at radius 3 is 2.23 bits per heavy atom. The zero-order chi connectivity index (χ0) is 25.1. The molecule has 0 bridgehead atoms. The Labute approximate surface area is 207 Å².